The van der Waals surface area contributed by atoms with Gasteiger partial charge in [-0.2, -0.15) is 5.10 Å². The monoisotopic (exact) mass is 222 g/mol. The quantitative estimate of drug-likeness (QED) is 0.848. The van der Waals surface area contributed by atoms with Crippen molar-refractivity contribution in [3.8, 4) is 5.69 Å². The van der Waals surface area contributed by atoms with Gasteiger partial charge in [0.1, 0.15) is 5.56 Å². The number of nitrogens with zero attached hydrogens (tertiary/aromatic N) is 2. The van der Waals surface area contributed by atoms with E-state index in [2.05, 4.69) is 5.10 Å². The molecule has 0 radical (unpaired) electrons. The van der Waals surface area contributed by atoms with Crippen molar-refractivity contribution >= 4 is 17.6 Å². The van der Waals surface area contributed by atoms with Gasteiger partial charge in [0.05, 0.1) is 10.7 Å². The molecule has 4 nitrogen and oxygen atoms in total. The Morgan fingerprint density at radius 1 is 1.40 bits per heavy atom. The normalized spacial score (nSPS) is 10.2. The van der Waals surface area contributed by atoms with E-state index < -0.39 is 5.97 Å². The maximum atomic E-state index is 11.0. The molecule has 0 bridgehead atoms. The first kappa shape index (κ1) is 9.73. The predicted molar refractivity (Wildman–Crippen MR) is 55.5 cm³/mol. The van der Waals surface area contributed by atoms with Gasteiger partial charge in [-0.05, 0) is 18.2 Å². The van der Waals surface area contributed by atoms with Crippen LogP contribution in [0.3, 0.4) is 0 Å². The summed E-state index contributed by atoms with van der Waals surface area (Å²) in [6.07, 6.45) is 3.24. The summed E-state index contributed by atoms with van der Waals surface area (Å²) in [6.45, 7) is 0. The molecule has 2 aromatic rings. The highest BCUT2D eigenvalue weighted by molar-refractivity contribution is 6.34. The Kier molecular flexibility index (Phi) is 2.43. The number of hydrogen-bond acceptors (Lipinski definition) is 2. The van der Waals surface area contributed by atoms with Crippen LogP contribution in [0.1, 0.15) is 10.4 Å². The third-order valence-electron chi connectivity index (χ3n) is 1.96. The highest BCUT2D eigenvalue weighted by Crippen LogP contribution is 2.22. The molecule has 0 aliphatic heterocycles. The van der Waals surface area contributed by atoms with E-state index in [9.17, 15) is 4.79 Å². The summed E-state index contributed by atoms with van der Waals surface area (Å²) in [4.78, 5) is 11.0. The van der Waals surface area contributed by atoms with E-state index in [4.69, 9.17) is 16.7 Å². The second kappa shape index (κ2) is 3.74. The molecule has 0 aliphatic carbocycles. The summed E-state index contributed by atoms with van der Waals surface area (Å²) in [7, 11) is 0. The first-order chi connectivity index (χ1) is 7.20. The molecular formula is C10H7ClN2O2. The summed E-state index contributed by atoms with van der Waals surface area (Å²) >= 11 is 5.82. The number of aromatic nitrogens is 2. The zero-order valence-corrected chi connectivity index (χ0v) is 8.35. The minimum atomic E-state index is -1.06. The third-order valence-corrected chi connectivity index (χ3v) is 2.27. The summed E-state index contributed by atoms with van der Waals surface area (Å²) in [5.74, 6) is -1.06. The molecule has 0 saturated heterocycles. The molecule has 1 N–H and O–H groups in total. The van der Waals surface area contributed by atoms with Crippen molar-refractivity contribution in [2.24, 2.45) is 0 Å². The van der Waals surface area contributed by atoms with Gasteiger partial charge in [-0.3, -0.25) is 0 Å². The maximum absolute atomic E-state index is 11.0. The molecule has 15 heavy (non-hydrogen) atoms. The lowest BCUT2D eigenvalue weighted by molar-refractivity contribution is 0.0697. The Morgan fingerprint density at radius 2 is 2.20 bits per heavy atom. The van der Waals surface area contributed by atoms with Crippen LogP contribution in [0.5, 0.6) is 0 Å². The molecule has 0 atom stereocenters. The Balaban J connectivity index is 2.66. The largest absolute Gasteiger partial charge is 0.478 e. The average molecular weight is 223 g/mol. The van der Waals surface area contributed by atoms with Gasteiger partial charge in [-0.25, -0.2) is 9.48 Å². The predicted octanol–water partition coefficient (Wildman–Crippen LogP) is 2.22. The fourth-order valence-corrected chi connectivity index (χ4v) is 1.58. The molecular weight excluding hydrogens is 216 g/mol. The van der Waals surface area contributed by atoms with E-state index in [1.807, 2.05) is 0 Å². The van der Waals surface area contributed by atoms with Crippen LogP contribution in [0.4, 0.5) is 0 Å². The number of carboxylic acids is 1. The second-order valence-electron chi connectivity index (χ2n) is 2.89. The van der Waals surface area contributed by atoms with Crippen molar-refractivity contribution in [2.75, 3.05) is 0 Å². The number of halogens is 1. The number of rotatable bonds is 2. The molecule has 0 amide bonds. The maximum Gasteiger partial charge on any atom is 0.339 e. The Bertz CT molecular complexity index is 494. The highest BCUT2D eigenvalue weighted by Gasteiger charge is 2.15. The molecule has 0 aliphatic rings. The van der Waals surface area contributed by atoms with Gasteiger partial charge in [0.15, 0.2) is 0 Å². The van der Waals surface area contributed by atoms with Crippen LogP contribution in [-0.4, -0.2) is 20.9 Å². The lowest BCUT2D eigenvalue weighted by atomic mass is 10.2. The van der Waals surface area contributed by atoms with Crippen LogP contribution < -0.4 is 0 Å². The lowest BCUT2D eigenvalue weighted by Gasteiger charge is -2.06. The van der Waals surface area contributed by atoms with Crippen LogP contribution in [-0.2, 0) is 0 Å². The van der Waals surface area contributed by atoms with Crippen molar-refractivity contribution in [3.05, 3.63) is 47.2 Å². The number of hydrogen-bond donors (Lipinski definition) is 1. The fourth-order valence-electron chi connectivity index (χ4n) is 1.33. The standard InChI is InChI=1S/C10H7ClN2O2/c11-7-3-1-4-8(9(7)10(14)15)13-6-2-5-12-13/h1-6H,(H,14,15). The molecule has 0 spiro atoms. The van der Waals surface area contributed by atoms with E-state index >= 15 is 0 Å². The zero-order valence-electron chi connectivity index (χ0n) is 7.59. The minimum Gasteiger partial charge on any atom is -0.478 e. The van der Waals surface area contributed by atoms with Crippen LogP contribution in [0, 0.1) is 0 Å². The van der Waals surface area contributed by atoms with Gasteiger partial charge in [0.2, 0.25) is 0 Å². The van der Waals surface area contributed by atoms with Gasteiger partial charge in [0.25, 0.3) is 0 Å². The number of carbonyl (C=O) groups is 1. The van der Waals surface area contributed by atoms with E-state index in [1.165, 1.54) is 10.7 Å². The van der Waals surface area contributed by atoms with Gasteiger partial charge >= 0.3 is 5.97 Å². The molecule has 1 aromatic carbocycles. The van der Waals surface area contributed by atoms with E-state index in [1.54, 1.807) is 30.6 Å². The van der Waals surface area contributed by atoms with E-state index in [0.717, 1.165) is 0 Å². The van der Waals surface area contributed by atoms with Crippen molar-refractivity contribution in [1.29, 1.82) is 0 Å². The Hall–Kier alpha value is -1.81. The molecule has 76 valence electrons. The Morgan fingerprint density at radius 3 is 2.80 bits per heavy atom. The van der Waals surface area contributed by atoms with Gasteiger partial charge < -0.3 is 5.11 Å². The smallest absolute Gasteiger partial charge is 0.339 e. The topological polar surface area (TPSA) is 55.1 Å². The lowest BCUT2D eigenvalue weighted by Crippen LogP contribution is -2.06. The van der Waals surface area contributed by atoms with Crippen LogP contribution in [0.2, 0.25) is 5.02 Å². The van der Waals surface area contributed by atoms with E-state index in [0.29, 0.717) is 5.69 Å². The molecule has 0 saturated carbocycles. The second-order valence-corrected chi connectivity index (χ2v) is 3.30. The summed E-state index contributed by atoms with van der Waals surface area (Å²) < 4.78 is 1.47. The van der Waals surface area contributed by atoms with Crippen LogP contribution >= 0.6 is 11.6 Å². The van der Waals surface area contributed by atoms with Gasteiger partial charge in [0, 0.05) is 12.4 Å². The van der Waals surface area contributed by atoms with Crippen molar-refractivity contribution in [2.45, 2.75) is 0 Å². The third kappa shape index (κ3) is 1.71. The van der Waals surface area contributed by atoms with Crippen molar-refractivity contribution in [1.82, 2.24) is 9.78 Å². The molecule has 2 rings (SSSR count). The first-order valence-corrected chi connectivity index (χ1v) is 4.60. The summed E-state index contributed by atoms with van der Waals surface area (Å²) in [6, 6.07) is 6.60. The van der Waals surface area contributed by atoms with E-state index in [-0.39, 0.29) is 10.6 Å². The molecule has 5 heteroatoms. The van der Waals surface area contributed by atoms with Gasteiger partial charge in [-0.1, -0.05) is 17.7 Å². The highest BCUT2D eigenvalue weighted by atomic mass is 35.5. The first-order valence-electron chi connectivity index (χ1n) is 4.22. The SMILES string of the molecule is O=C(O)c1c(Cl)cccc1-n1cccn1. The van der Waals surface area contributed by atoms with Crippen molar-refractivity contribution in [3.63, 3.8) is 0 Å². The Labute approximate surface area is 90.7 Å². The molecule has 0 unspecified atom stereocenters. The fraction of sp³-hybridized carbons (Fsp3) is 0. The van der Waals surface area contributed by atoms with Crippen LogP contribution in [0.15, 0.2) is 36.7 Å². The number of benzene rings is 1. The van der Waals surface area contributed by atoms with Gasteiger partial charge in [-0.15, -0.1) is 0 Å². The number of carboxylic acid groups (broad SMARTS) is 1. The number of aromatic carboxylic acids is 1. The molecule has 1 heterocycles. The zero-order chi connectivity index (χ0) is 10.8. The average Bonchev–Trinajstić information content (AvgIpc) is 2.69. The summed E-state index contributed by atoms with van der Waals surface area (Å²) in [5, 5.41) is 13.2. The summed E-state index contributed by atoms with van der Waals surface area (Å²) in [5.41, 5.74) is 0.517. The molecule has 1 aromatic heterocycles. The minimum absolute atomic E-state index is 0.0582. The van der Waals surface area contributed by atoms with Crippen molar-refractivity contribution < 1.29 is 9.90 Å². The van der Waals surface area contributed by atoms with Crippen LogP contribution in [0.25, 0.3) is 5.69 Å². The molecule has 0 fully saturated rings.